The molecule has 48 heavy (non-hydrogen) atoms. The lowest BCUT2D eigenvalue weighted by molar-refractivity contribution is 0.0577. The van der Waals surface area contributed by atoms with Crippen molar-refractivity contribution in [2.75, 3.05) is 0 Å². The van der Waals surface area contributed by atoms with Gasteiger partial charge in [0.2, 0.25) is 0 Å². The van der Waals surface area contributed by atoms with Crippen LogP contribution >= 0.6 is 0 Å². The quantitative estimate of drug-likeness (QED) is 0.146. The van der Waals surface area contributed by atoms with Gasteiger partial charge in [-0.1, -0.05) is 135 Å². The maximum absolute atomic E-state index is 15.0. The van der Waals surface area contributed by atoms with Crippen LogP contribution < -0.4 is 0 Å². The largest absolute Gasteiger partial charge is 0.271 e. The minimum Gasteiger partial charge on any atom is -0.271 e. The lowest BCUT2D eigenvalue weighted by Crippen LogP contribution is -2.39. The molecule has 3 nitrogen and oxygen atoms in total. The van der Waals surface area contributed by atoms with Crippen LogP contribution in [0.25, 0.3) is 86.2 Å². The molecule has 0 aliphatic carbocycles. The Labute approximate surface area is 277 Å². The van der Waals surface area contributed by atoms with E-state index in [-0.39, 0.29) is 17.9 Å². The summed E-state index contributed by atoms with van der Waals surface area (Å²) in [5.74, 6) is -0.357. The zero-order valence-corrected chi connectivity index (χ0v) is 26.8. The van der Waals surface area contributed by atoms with Gasteiger partial charge in [0.05, 0.1) is 11.1 Å². The van der Waals surface area contributed by atoms with E-state index in [0.717, 1.165) is 86.2 Å². The number of rotatable bonds is 3. The molecule has 0 saturated heterocycles. The van der Waals surface area contributed by atoms with E-state index in [1.54, 1.807) is 4.90 Å². The first kappa shape index (κ1) is 27.3. The molecule has 1 aliphatic rings. The molecule has 3 heteroatoms. The number of carbonyl (C=O) groups excluding carboxylic acids is 2. The van der Waals surface area contributed by atoms with Crippen molar-refractivity contribution in [3.05, 3.63) is 132 Å². The second kappa shape index (κ2) is 9.85. The van der Waals surface area contributed by atoms with Gasteiger partial charge in [-0.25, -0.2) is 0 Å². The summed E-state index contributed by atoms with van der Waals surface area (Å²) in [5, 5.41) is 17.2. The summed E-state index contributed by atoms with van der Waals surface area (Å²) in [5.41, 5.74) is 1.09. The third-order valence-corrected chi connectivity index (χ3v) is 11.0. The predicted molar refractivity (Wildman–Crippen MR) is 201 cm³/mol. The molecule has 0 fully saturated rings. The Hall–Kier alpha value is -5.80. The zero-order valence-electron chi connectivity index (χ0n) is 26.8. The molecule has 9 aromatic rings. The molecule has 0 N–H and O–H groups in total. The average Bonchev–Trinajstić information content (AvgIpc) is 3.40. The van der Waals surface area contributed by atoms with Gasteiger partial charge in [-0.05, 0) is 77.5 Å². The number of hydrogen-bond donors (Lipinski definition) is 0. The third kappa shape index (κ3) is 3.33. The van der Waals surface area contributed by atoms with E-state index in [2.05, 4.69) is 135 Å². The maximum atomic E-state index is 15.0. The topological polar surface area (TPSA) is 37.4 Å². The fourth-order valence-corrected chi connectivity index (χ4v) is 8.94. The first-order chi connectivity index (χ1) is 23.6. The molecule has 228 valence electrons. The van der Waals surface area contributed by atoms with Crippen molar-refractivity contribution < 1.29 is 9.59 Å². The van der Waals surface area contributed by atoms with Crippen LogP contribution in [-0.4, -0.2) is 22.8 Å². The van der Waals surface area contributed by atoms with Gasteiger partial charge < -0.3 is 0 Å². The van der Waals surface area contributed by atoms with E-state index in [1.165, 1.54) is 0 Å². The number of nitrogens with zero attached hydrogens (tertiary/aromatic N) is 1. The summed E-state index contributed by atoms with van der Waals surface area (Å²) in [6.45, 7) is 4.13. The van der Waals surface area contributed by atoms with E-state index in [1.807, 2.05) is 0 Å². The number of carbonyl (C=O) groups is 2. The summed E-state index contributed by atoms with van der Waals surface area (Å²) >= 11 is 0. The van der Waals surface area contributed by atoms with Gasteiger partial charge >= 0.3 is 0 Å². The van der Waals surface area contributed by atoms with Gasteiger partial charge in [0, 0.05) is 27.6 Å². The Kier molecular flexibility index (Phi) is 5.61. The minimum absolute atomic E-state index is 0.178. The van der Waals surface area contributed by atoms with Crippen LogP contribution in [0.2, 0.25) is 0 Å². The average molecular weight is 618 g/mol. The number of benzene rings is 9. The highest BCUT2D eigenvalue weighted by atomic mass is 16.2. The fourth-order valence-electron chi connectivity index (χ4n) is 8.94. The second-order valence-corrected chi connectivity index (χ2v) is 13.2. The van der Waals surface area contributed by atoms with Gasteiger partial charge in [0.1, 0.15) is 0 Å². The van der Waals surface area contributed by atoms with Gasteiger partial charge in [0.25, 0.3) is 11.8 Å². The summed E-state index contributed by atoms with van der Waals surface area (Å²) < 4.78 is 0. The molecule has 10 rings (SSSR count). The Morgan fingerprint density at radius 2 is 0.750 bits per heavy atom. The highest BCUT2D eigenvalue weighted by molar-refractivity contribution is 6.50. The van der Waals surface area contributed by atoms with E-state index in [4.69, 9.17) is 0 Å². The SMILES string of the molecule is CCC(CC)N1C(=O)c2c(c3c4ccccc4c4ccc5ccccc5c4c3c3c2c2ccccc2c2ccc4ccccc4c23)C1=O. The molecular formula is C45H31NO2. The van der Waals surface area contributed by atoms with Crippen LogP contribution in [-0.2, 0) is 0 Å². The van der Waals surface area contributed by atoms with Crippen molar-refractivity contribution >= 4 is 98.0 Å². The van der Waals surface area contributed by atoms with Gasteiger partial charge in [0.15, 0.2) is 0 Å². The van der Waals surface area contributed by atoms with Gasteiger partial charge in [-0.15, -0.1) is 0 Å². The number of fused-ring (bicyclic) bond motifs is 20. The maximum Gasteiger partial charge on any atom is 0.262 e. The standard InChI is InChI=1S/C45H31NO2/c1-3-27(4-2)46-44(47)42-38-32-19-11-9-17-30(32)34-23-21-25-13-5-7-15-28(25)36(34)40(38)41-37-29-16-8-6-14-26(29)22-24-35(37)31-18-10-12-20-33(31)39(41)43(42)45(46)48/h5-24,27H,3-4H2,1-2H3. The molecular weight excluding hydrogens is 587 g/mol. The van der Waals surface area contributed by atoms with Gasteiger partial charge in [-0.3, -0.25) is 14.5 Å². The van der Waals surface area contributed by atoms with Crippen LogP contribution in [0.15, 0.2) is 121 Å². The predicted octanol–water partition coefficient (Wildman–Crippen LogP) is 11.7. The van der Waals surface area contributed by atoms with Crippen molar-refractivity contribution in [2.45, 2.75) is 32.7 Å². The minimum atomic E-state index is -0.178. The molecule has 0 saturated carbocycles. The normalized spacial score (nSPS) is 13.6. The molecule has 0 bridgehead atoms. The van der Waals surface area contributed by atoms with E-state index in [9.17, 15) is 9.59 Å². The number of imide groups is 1. The molecule has 0 atom stereocenters. The first-order valence-corrected chi connectivity index (χ1v) is 17.0. The van der Waals surface area contributed by atoms with Crippen molar-refractivity contribution in [3.8, 4) is 0 Å². The van der Waals surface area contributed by atoms with E-state index < -0.39 is 0 Å². The summed E-state index contributed by atoms with van der Waals surface area (Å²) in [7, 11) is 0. The zero-order chi connectivity index (χ0) is 32.3. The smallest absolute Gasteiger partial charge is 0.262 e. The molecule has 1 aliphatic heterocycles. The summed E-state index contributed by atoms with van der Waals surface area (Å²) in [4.78, 5) is 31.5. The monoisotopic (exact) mass is 617 g/mol. The number of hydrogen-bond acceptors (Lipinski definition) is 2. The Bertz CT molecular complexity index is 2720. The third-order valence-electron chi connectivity index (χ3n) is 11.0. The molecule has 9 aromatic carbocycles. The van der Waals surface area contributed by atoms with Crippen molar-refractivity contribution in [1.29, 1.82) is 0 Å². The lowest BCUT2D eigenvalue weighted by atomic mass is 9.80. The molecule has 1 heterocycles. The highest BCUT2D eigenvalue weighted by Gasteiger charge is 2.43. The van der Waals surface area contributed by atoms with Crippen LogP contribution in [0.3, 0.4) is 0 Å². The summed E-state index contributed by atoms with van der Waals surface area (Å²) in [6, 6.07) is 42.7. The molecule has 0 spiro atoms. The highest BCUT2D eigenvalue weighted by Crippen LogP contribution is 2.52. The Morgan fingerprint density at radius 1 is 0.396 bits per heavy atom. The molecule has 2 amide bonds. The lowest BCUT2D eigenvalue weighted by Gasteiger charge is -2.23. The van der Waals surface area contributed by atoms with Crippen molar-refractivity contribution in [2.24, 2.45) is 0 Å². The number of amides is 2. The van der Waals surface area contributed by atoms with Crippen LogP contribution in [0.4, 0.5) is 0 Å². The van der Waals surface area contributed by atoms with Crippen molar-refractivity contribution in [3.63, 3.8) is 0 Å². The second-order valence-electron chi connectivity index (χ2n) is 13.2. The Morgan fingerprint density at radius 3 is 1.17 bits per heavy atom. The fraction of sp³-hybridized carbons (Fsp3) is 0.111. The molecule has 0 radical (unpaired) electrons. The Balaban J connectivity index is 1.65. The van der Waals surface area contributed by atoms with E-state index >= 15 is 0 Å². The first-order valence-electron chi connectivity index (χ1n) is 17.0. The molecule has 0 aromatic heterocycles. The molecule has 0 unspecified atom stereocenters. The van der Waals surface area contributed by atoms with Crippen LogP contribution in [0.5, 0.6) is 0 Å². The van der Waals surface area contributed by atoms with Crippen LogP contribution in [0.1, 0.15) is 47.4 Å². The van der Waals surface area contributed by atoms with Crippen LogP contribution in [0, 0.1) is 0 Å². The van der Waals surface area contributed by atoms with E-state index in [0.29, 0.717) is 24.0 Å². The van der Waals surface area contributed by atoms with Crippen molar-refractivity contribution in [1.82, 2.24) is 4.90 Å². The summed E-state index contributed by atoms with van der Waals surface area (Å²) in [6.07, 6.45) is 1.42. The van der Waals surface area contributed by atoms with Gasteiger partial charge in [-0.2, -0.15) is 0 Å².